The van der Waals surface area contributed by atoms with Crippen LogP contribution in [0.3, 0.4) is 0 Å². The Morgan fingerprint density at radius 3 is 2.72 bits per heavy atom. The normalized spacial score (nSPS) is 9.78. The minimum absolute atomic E-state index is 0.206. The molecule has 2 rings (SSSR count). The highest BCUT2D eigenvalue weighted by Crippen LogP contribution is 2.03. The standard InChI is InChI=1S/C12H11N5O/c1-17-8-15-16-11(17)7-14-12(18)10-4-2-9(6-13)3-5-10/h2-5,8H,7H2,1H3,(H,14,18). The molecule has 1 aromatic heterocycles. The van der Waals surface area contributed by atoms with Gasteiger partial charge in [0.15, 0.2) is 5.82 Å². The van der Waals surface area contributed by atoms with E-state index in [0.29, 0.717) is 23.5 Å². The van der Waals surface area contributed by atoms with Crippen LogP contribution in [-0.4, -0.2) is 20.7 Å². The van der Waals surface area contributed by atoms with Crippen LogP contribution in [0.15, 0.2) is 30.6 Å². The highest BCUT2D eigenvalue weighted by atomic mass is 16.1. The van der Waals surface area contributed by atoms with Gasteiger partial charge in [-0.3, -0.25) is 4.79 Å². The van der Waals surface area contributed by atoms with Gasteiger partial charge in [-0.05, 0) is 24.3 Å². The van der Waals surface area contributed by atoms with Gasteiger partial charge in [-0.25, -0.2) is 0 Å². The van der Waals surface area contributed by atoms with Crippen LogP contribution in [0.5, 0.6) is 0 Å². The van der Waals surface area contributed by atoms with E-state index in [0.717, 1.165) is 0 Å². The average Bonchev–Trinajstić information content (AvgIpc) is 2.81. The van der Waals surface area contributed by atoms with Crippen LogP contribution in [0, 0.1) is 11.3 Å². The maximum atomic E-state index is 11.8. The number of nitrogens with zero attached hydrogens (tertiary/aromatic N) is 4. The molecule has 1 N–H and O–H groups in total. The van der Waals surface area contributed by atoms with Crippen molar-refractivity contribution in [2.75, 3.05) is 0 Å². The minimum Gasteiger partial charge on any atom is -0.345 e. The second-order valence-electron chi connectivity index (χ2n) is 3.73. The zero-order chi connectivity index (χ0) is 13.0. The molecule has 1 aromatic carbocycles. The first-order chi connectivity index (χ1) is 8.70. The van der Waals surface area contributed by atoms with E-state index < -0.39 is 0 Å². The molecule has 90 valence electrons. The van der Waals surface area contributed by atoms with Gasteiger partial charge in [0.05, 0.1) is 18.2 Å². The van der Waals surface area contributed by atoms with Gasteiger partial charge >= 0.3 is 0 Å². The van der Waals surface area contributed by atoms with Crippen LogP contribution >= 0.6 is 0 Å². The molecular formula is C12H11N5O. The number of amides is 1. The van der Waals surface area contributed by atoms with Crippen LogP contribution in [0.25, 0.3) is 0 Å². The summed E-state index contributed by atoms with van der Waals surface area (Å²) in [5.74, 6) is 0.472. The van der Waals surface area contributed by atoms with Gasteiger partial charge in [-0.15, -0.1) is 10.2 Å². The van der Waals surface area contributed by atoms with Crippen molar-refractivity contribution in [1.29, 1.82) is 5.26 Å². The Hall–Kier alpha value is -2.68. The van der Waals surface area contributed by atoms with Gasteiger partial charge in [0.25, 0.3) is 5.91 Å². The monoisotopic (exact) mass is 241 g/mol. The molecule has 6 heteroatoms. The Bertz CT molecular complexity index is 594. The number of carbonyl (C=O) groups is 1. The SMILES string of the molecule is Cn1cnnc1CNC(=O)c1ccc(C#N)cc1. The number of nitrogens with one attached hydrogen (secondary N) is 1. The Balaban J connectivity index is 2.00. The molecule has 1 heterocycles. The lowest BCUT2D eigenvalue weighted by atomic mass is 10.1. The fraction of sp³-hybridized carbons (Fsp3) is 0.167. The molecule has 6 nitrogen and oxygen atoms in total. The first-order valence-electron chi connectivity index (χ1n) is 5.32. The number of rotatable bonds is 3. The number of hydrogen-bond donors (Lipinski definition) is 1. The molecule has 1 amide bonds. The summed E-state index contributed by atoms with van der Waals surface area (Å²) in [6, 6.07) is 8.45. The molecule has 18 heavy (non-hydrogen) atoms. The quantitative estimate of drug-likeness (QED) is 0.853. The van der Waals surface area contributed by atoms with Crippen molar-refractivity contribution in [3.05, 3.63) is 47.5 Å². The summed E-state index contributed by atoms with van der Waals surface area (Å²) in [4.78, 5) is 11.8. The molecule has 0 aliphatic rings. The van der Waals surface area contributed by atoms with Crippen LogP contribution in [0.4, 0.5) is 0 Å². The minimum atomic E-state index is -0.206. The zero-order valence-electron chi connectivity index (χ0n) is 9.79. The van der Waals surface area contributed by atoms with Crippen molar-refractivity contribution in [2.45, 2.75) is 6.54 Å². The Morgan fingerprint density at radius 2 is 2.17 bits per heavy atom. The lowest BCUT2D eigenvalue weighted by Crippen LogP contribution is -2.24. The third-order valence-corrected chi connectivity index (χ3v) is 2.49. The van der Waals surface area contributed by atoms with Crippen molar-refractivity contribution >= 4 is 5.91 Å². The van der Waals surface area contributed by atoms with Crippen LogP contribution in [0.1, 0.15) is 21.7 Å². The second-order valence-corrected chi connectivity index (χ2v) is 3.73. The van der Waals surface area contributed by atoms with E-state index in [1.807, 2.05) is 13.1 Å². The van der Waals surface area contributed by atoms with E-state index in [1.165, 1.54) is 0 Å². The first kappa shape index (κ1) is 11.8. The first-order valence-corrected chi connectivity index (χ1v) is 5.32. The molecule has 0 unspecified atom stereocenters. The van der Waals surface area contributed by atoms with Gasteiger partial charge in [0.1, 0.15) is 6.33 Å². The zero-order valence-corrected chi connectivity index (χ0v) is 9.79. The Kier molecular flexibility index (Phi) is 3.34. The Labute approximate surface area is 104 Å². The van der Waals surface area contributed by atoms with E-state index >= 15 is 0 Å². The molecule has 0 aliphatic carbocycles. The summed E-state index contributed by atoms with van der Waals surface area (Å²) >= 11 is 0. The summed E-state index contributed by atoms with van der Waals surface area (Å²) in [6.45, 7) is 0.315. The van der Waals surface area contributed by atoms with Crippen molar-refractivity contribution in [3.63, 3.8) is 0 Å². The van der Waals surface area contributed by atoms with Crippen molar-refractivity contribution in [2.24, 2.45) is 7.05 Å². The number of benzene rings is 1. The molecule has 0 atom stereocenters. The molecule has 0 saturated carbocycles. The van der Waals surface area contributed by atoms with Crippen LogP contribution in [-0.2, 0) is 13.6 Å². The largest absolute Gasteiger partial charge is 0.345 e. The van der Waals surface area contributed by atoms with Crippen LogP contribution in [0.2, 0.25) is 0 Å². The van der Waals surface area contributed by atoms with Gasteiger partial charge in [0.2, 0.25) is 0 Å². The van der Waals surface area contributed by atoms with E-state index in [2.05, 4.69) is 15.5 Å². The number of hydrogen-bond acceptors (Lipinski definition) is 4. The van der Waals surface area contributed by atoms with Gasteiger partial charge in [-0.2, -0.15) is 5.26 Å². The topological polar surface area (TPSA) is 83.6 Å². The van der Waals surface area contributed by atoms with E-state index in [4.69, 9.17) is 5.26 Å². The predicted octanol–water partition coefficient (Wildman–Crippen LogP) is 0.617. The van der Waals surface area contributed by atoms with E-state index in [9.17, 15) is 4.79 Å². The molecular weight excluding hydrogens is 230 g/mol. The maximum absolute atomic E-state index is 11.8. The summed E-state index contributed by atoms with van der Waals surface area (Å²) in [6.07, 6.45) is 1.57. The fourth-order valence-corrected chi connectivity index (χ4v) is 1.42. The second kappa shape index (κ2) is 5.10. The number of aromatic nitrogens is 3. The third-order valence-electron chi connectivity index (χ3n) is 2.49. The molecule has 0 aliphatic heterocycles. The van der Waals surface area contributed by atoms with Crippen molar-refractivity contribution in [1.82, 2.24) is 20.1 Å². The van der Waals surface area contributed by atoms with Crippen molar-refractivity contribution in [3.8, 4) is 6.07 Å². The summed E-state index contributed by atoms with van der Waals surface area (Å²) in [5, 5.41) is 19.0. The molecule has 0 fully saturated rings. The average molecular weight is 241 g/mol. The number of aryl methyl sites for hydroxylation is 1. The van der Waals surface area contributed by atoms with Gasteiger partial charge in [0, 0.05) is 12.6 Å². The summed E-state index contributed by atoms with van der Waals surface area (Å²) in [7, 11) is 1.81. The maximum Gasteiger partial charge on any atom is 0.251 e. The molecule has 0 spiro atoms. The summed E-state index contributed by atoms with van der Waals surface area (Å²) < 4.78 is 1.74. The molecule has 0 saturated heterocycles. The summed E-state index contributed by atoms with van der Waals surface area (Å²) in [5.41, 5.74) is 1.04. The highest BCUT2D eigenvalue weighted by molar-refractivity contribution is 5.94. The lowest BCUT2D eigenvalue weighted by Gasteiger charge is -2.04. The number of nitriles is 1. The molecule has 2 aromatic rings. The third kappa shape index (κ3) is 2.52. The number of carbonyl (C=O) groups excluding carboxylic acids is 1. The van der Waals surface area contributed by atoms with Crippen LogP contribution < -0.4 is 5.32 Å². The van der Waals surface area contributed by atoms with E-state index in [1.54, 1.807) is 35.2 Å². The van der Waals surface area contributed by atoms with Gasteiger partial charge in [-0.1, -0.05) is 0 Å². The lowest BCUT2D eigenvalue weighted by molar-refractivity contribution is 0.0949. The highest BCUT2D eigenvalue weighted by Gasteiger charge is 2.07. The Morgan fingerprint density at radius 1 is 1.44 bits per heavy atom. The predicted molar refractivity (Wildman–Crippen MR) is 63.3 cm³/mol. The van der Waals surface area contributed by atoms with Gasteiger partial charge < -0.3 is 9.88 Å². The molecule has 0 bridgehead atoms. The fourth-order valence-electron chi connectivity index (χ4n) is 1.42. The smallest absolute Gasteiger partial charge is 0.251 e. The van der Waals surface area contributed by atoms with E-state index in [-0.39, 0.29) is 5.91 Å². The van der Waals surface area contributed by atoms with Crippen molar-refractivity contribution < 1.29 is 4.79 Å². The molecule has 0 radical (unpaired) electrons.